The number of fused-ring (bicyclic) bond motifs is 1. The maximum atomic E-state index is 12.5. The molecule has 0 fully saturated rings. The molecular formula is C20H15N7O6. The Kier molecular flexibility index (Phi) is 5.59. The Labute approximate surface area is 185 Å². The number of para-hydroxylation sites is 1. The summed E-state index contributed by atoms with van der Waals surface area (Å²) in [6.45, 7) is -1.14. The van der Waals surface area contributed by atoms with Crippen LogP contribution in [-0.2, 0) is 16.1 Å². The van der Waals surface area contributed by atoms with Gasteiger partial charge in [0.05, 0.1) is 10.5 Å². The molecular weight excluding hydrogens is 434 g/mol. The van der Waals surface area contributed by atoms with Gasteiger partial charge in [0.1, 0.15) is 12.1 Å². The second-order valence-corrected chi connectivity index (χ2v) is 6.74. The molecule has 0 aliphatic carbocycles. The molecule has 0 spiro atoms. The number of carbonyl (C=O) groups excluding carboxylic acids is 3. The van der Waals surface area contributed by atoms with Crippen LogP contribution in [0.1, 0.15) is 26.5 Å². The lowest BCUT2D eigenvalue weighted by atomic mass is 10.1. The topological polar surface area (TPSA) is 184 Å². The molecule has 13 nitrogen and oxygen atoms in total. The summed E-state index contributed by atoms with van der Waals surface area (Å²) in [6.07, 6.45) is 0. The van der Waals surface area contributed by atoms with Gasteiger partial charge in [0, 0.05) is 11.8 Å². The minimum atomic E-state index is -0.946. The highest BCUT2D eigenvalue weighted by molar-refractivity contribution is 6.24. The van der Waals surface area contributed by atoms with Gasteiger partial charge >= 0.3 is 5.97 Å². The van der Waals surface area contributed by atoms with Gasteiger partial charge in [-0.2, -0.15) is 15.0 Å². The van der Waals surface area contributed by atoms with E-state index in [0.29, 0.717) is 10.6 Å². The molecule has 3 aromatic rings. The van der Waals surface area contributed by atoms with Crippen molar-refractivity contribution in [2.75, 3.05) is 17.6 Å². The Morgan fingerprint density at radius 3 is 2.55 bits per heavy atom. The van der Waals surface area contributed by atoms with E-state index in [2.05, 4.69) is 20.3 Å². The fraction of sp³-hybridized carbons (Fsp3) is 0.100. The maximum absolute atomic E-state index is 12.5. The smallest absolute Gasteiger partial charge is 0.326 e. The summed E-state index contributed by atoms with van der Waals surface area (Å²) in [5, 5.41) is 14.1. The average Bonchev–Trinajstić information content (AvgIpc) is 3.03. The minimum absolute atomic E-state index is 0.0345. The summed E-state index contributed by atoms with van der Waals surface area (Å²) in [6, 6.07) is 12.7. The summed E-state index contributed by atoms with van der Waals surface area (Å²) in [5.41, 5.74) is 5.36. The Morgan fingerprint density at radius 2 is 1.82 bits per heavy atom. The molecule has 0 atom stereocenters. The Hall–Kier alpha value is -4.94. The third kappa shape index (κ3) is 4.41. The van der Waals surface area contributed by atoms with Crippen molar-refractivity contribution in [3.05, 3.63) is 75.6 Å². The van der Waals surface area contributed by atoms with Crippen LogP contribution >= 0.6 is 0 Å². The standard InChI is InChI=1S/C20H15N7O6/c21-19-23-14(24-20(25-19)22-11-5-2-1-3-6-11)10-33-15(28)9-26-17(29)12-7-4-8-13(27(31)32)16(12)18(26)30/h1-8H,9-10H2,(H3,21,22,23,24,25). The molecule has 2 heterocycles. The Bertz CT molecular complexity index is 1280. The lowest BCUT2D eigenvalue weighted by Crippen LogP contribution is -2.35. The van der Waals surface area contributed by atoms with Crippen molar-refractivity contribution in [2.24, 2.45) is 0 Å². The fourth-order valence-corrected chi connectivity index (χ4v) is 3.14. The van der Waals surface area contributed by atoms with Gasteiger partial charge in [0.2, 0.25) is 11.9 Å². The summed E-state index contributed by atoms with van der Waals surface area (Å²) >= 11 is 0. The van der Waals surface area contributed by atoms with Gasteiger partial charge in [-0.25, -0.2) is 0 Å². The lowest BCUT2D eigenvalue weighted by molar-refractivity contribution is -0.385. The number of rotatable bonds is 7. The number of ether oxygens (including phenoxy) is 1. The number of nitrogens with one attached hydrogen (secondary N) is 1. The first kappa shape index (κ1) is 21.3. The Balaban J connectivity index is 1.42. The van der Waals surface area contributed by atoms with Crippen molar-refractivity contribution >= 4 is 41.1 Å². The second-order valence-electron chi connectivity index (χ2n) is 6.74. The monoisotopic (exact) mass is 449 g/mol. The first-order chi connectivity index (χ1) is 15.8. The molecule has 1 aromatic heterocycles. The van der Waals surface area contributed by atoms with E-state index in [1.54, 1.807) is 12.1 Å². The van der Waals surface area contributed by atoms with Crippen LogP contribution in [0.25, 0.3) is 0 Å². The van der Waals surface area contributed by atoms with Gasteiger partial charge in [-0.1, -0.05) is 24.3 Å². The predicted octanol–water partition coefficient (Wildman–Crippen LogP) is 1.44. The van der Waals surface area contributed by atoms with Gasteiger partial charge in [-0.3, -0.25) is 29.4 Å². The number of nitrogen functional groups attached to an aromatic ring is 1. The van der Waals surface area contributed by atoms with Crippen molar-refractivity contribution < 1.29 is 24.0 Å². The molecule has 0 bridgehead atoms. The van der Waals surface area contributed by atoms with Crippen LogP contribution in [0.2, 0.25) is 0 Å². The number of benzene rings is 2. The van der Waals surface area contributed by atoms with E-state index in [4.69, 9.17) is 10.5 Å². The molecule has 2 amide bonds. The third-order valence-corrected chi connectivity index (χ3v) is 4.55. The molecule has 0 unspecified atom stereocenters. The number of carbonyl (C=O) groups is 3. The zero-order valence-electron chi connectivity index (χ0n) is 16.8. The summed E-state index contributed by atoms with van der Waals surface area (Å²) in [4.78, 5) is 60.2. The first-order valence-corrected chi connectivity index (χ1v) is 9.45. The summed E-state index contributed by atoms with van der Waals surface area (Å²) in [7, 11) is 0. The summed E-state index contributed by atoms with van der Waals surface area (Å²) in [5.74, 6) is -2.65. The third-order valence-electron chi connectivity index (χ3n) is 4.55. The molecule has 4 rings (SSSR count). The van der Waals surface area contributed by atoms with Crippen molar-refractivity contribution in [1.29, 1.82) is 0 Å². The van der Waals surface area contributed by atoms with Crippen LogP contribution < -0.4 is 11.1 Å². The zero-order chi connectivity index (χ0) is 23.5. The average molecular weight is 449 g/mol. The van der Waals surface area contributed by atoms with E-state index in [1.165, 1.54) is 12.1 Å². The molecule has 2 aromatic carbocycles. The molecule has 0 saturated heterocycles. The number of nitro benzene ring substituents is 1. The number of nitro groups is 1. The quantitative estimate of drug-likeness (QED) is 0.230. The lowest BCUT2D eigenvalue weighted by Gasteiger charge is -2.13. The van der Waals surface area contributed by atoms with Crippen molar-refractivity contribution in [3.63, 3.8) is 0 Å². The predicted molar refractivity (Wildman–Crippen MR) is 112 cm³/mol. The molecule has 3 N–H and O–H groups in total. The van der Waals surface area contributed by atoms with E-state index >= 15 is 0 Å². The van der Waals surface area contributed by atoms with Crippen LogP contribution in [0.5, 0.6) is 0 Å². The van der Waals surface area contributed by atoms with Gasteiger partial charge in [0.15, 0.2) is 12.4 Å². The molecule has 0 radical (unpaired) electrons. The number of imide groups is 1. The number of nitrogens with two attached hydrogens (primary N) is 1. The number of nitrogens with zero attached hydrogens (tertiary/aromatic N) is 5. The number of anilines is 3. The van der Waals surface area contributed by atoms with Crippen LogP contribution in [-0.4, -0.2) is 49.1 Å². The van der Waals surface area contributed by atoms with E-state index in [0.717, 1.165) is 6.07 Å². The van der Waals surface area contributed by atoms with Crippen LogP contribution in [0.4, 0.5) is 23.3 Å². The number of hydrogen-bond acceptors (Lipinski definition) is 11. The highest BCUT2D eigenvalue weighted by atomic mass is 16.6. The largest absolute Gasteiger partial charge is 0.456 e. The summed E-state index contributed by atoms with van der Waals surface area (Å²) < 4.78 is 5.07. The highest BCUT2D eigenvalue weighted by Gasteiger charge is 2.41. The van der Waals surface area contributed by atoms with E-state index in [9.17, 15) is 24.5 Å². The molecule has 0 saturated carbocycles. The maximum Gasteiger partial charge on any atom is 0.326 e. The van der Waals surface area contributed by atoms with Crippen LogP contribution in [0.3, 0.4) is 0 Å². The zero-order valence-corrected chi connectivity index (χ0v) is 16.8. The number of esters is 1. The fourth-order valence-electron chi connectivity index (χ4n) is 3.14. The number of amides is 2. The molecule has 33 heavy (non-hydrogen) atoms. The van der Waals surface area contributed by atoms with Gasteiger partial charge in [-0.15, -0.1) is 0 Å². The van der Waals surface area contributed by atoms with Crippen molar-refractivity contribution in [2.45, 2.75) is 6.61 Å². The van der Waals surface area contributed by atoms with E-state index in [-0.39, 0.29) is 28.8 Å². The minimum Gasteiger partial charge on any atom is -0.456 e. The molecule has 1 aliphatic rings. The number of hydrogen-bond donors (Lipinski definition) is 2. The molecule has 166 valence electrons. The van der Waals surface area contributed by atoms with Crippen molar-refractivity contribution in [3.8, 4) is 0 Å². The normalized spacial score (nSPS) is 12.4. The first-order valence-electron chi connectivity index (χ1n) is 9.45. The van der Waals surface area contributed by atoms with Crippen molar-refractivity contribution in [1.82, 2.24) is 19.9 Å². The Morgan fingerprint density at radius 1 is 1.06 bits per heavy atom. The number of aromatic nitrogens is 3. The van der Waals surface area contributed by atoms with Gasteiger partial charge in [-0.05, 0) is 18.2 Å². The van der Waals surface area contributed by atoms with Crippen LogP contribution in [0, 0.1) is 10.1 Å². The van der Waals surface area contributed by atoms with E-state index in [1.807, 2.05) is 18.2 Å². The SMILES string of the molecule is Nc1nc(COC(=O)CN2C(=O)c3cccc([N+](=O)[O-])c3C2=O)nc(Nc2ccccc2)n1. The molecule has 13 heteroatoms. The molecule has 1 aliphatic heterocycles. The van der Waals surface area contributed by atoms with E-state index < -0.39 is 41.5 Å². The van der Waals surface area contributed by atoms with Gasteiger partial charge in [0.25, 0.3) is 17.5 Å². The van der Waals surface area contributed by atoms with Gasteiger partial charge < -0.3 is 15.8 Å². The second kappa shape index (κ2) is 8.66. The van der Waals surface area contributed by atoms with Crippen LogP contribution in [0.15, 0.2) is 48.5 Å². The highest BCUT2D eigenvalue weighted by Crippen LogP contribution is 2.30.